The van der Waals surface area contributed by atoms with Crippen LogP contribution in [0.25, 0.3) is 0 Å². The molecule has 0 saturated carbocycles. The molecule has 1 aromatic rings. The van der Waals surface area contributed by atoms with Crippen LogP contribution in [-0.2, 0) is 4.74 Å². The number of hydrogen-bond donors (Lipinski definition) is 3. The monoisotopic (exact) mass is 268 g/mol. The van der Waals surface area contributed by atoms with Crippen LogP contribution in [0.3, 0.4) is 0 Å². The van der Waals surface area contributed by atoms with Gasteiger partial charge < -0.3 is 14.8 Å². The van der Waals surface area contributed by atoms with Gasteiger partial charge in [-0.3, -0.25) is 5.43 Å². The molecule has 0 aliphatic carbocycles. The lowest BCUT2D eigenvalue weighted by atomic mass is 9.95. The van der Waals surface area contributed by atoms with Crippen LogP contribution in [0.5, 0.6) is 6.01 Å². The van der Waals surface area contributed by atoms with Crippen molar-refractivity contribution in [3.05, 3.63) is 0 Å². The highest BCUT2D eigenvalue weighted by Crippen LogP contribution is 2.28. The number of nitrogens with two attached hydrogens (primary N) is 1. The van der Waals surface area contributed by atoms with Crippen LogP contribution < -0.4 is 21.3 Å². The largest absolute Gasteiger partial charge is 0.464 e. The first-order valence-electron chi connectivity index (χ1n) is 6.32. The van der Waals surface area contributed by atoms with Gasteiger partial charge in [-0.05, 0) is 27.2 Å². The Bertz CT molecular complexity index is 443. The molecule has 2 heterocycles. The van der Waals surface area contributed by atoms with Crippen molar-refractivity contribution in [2.75, 3.05) is 24.0 Å². The zero-order chi connectivity index (χ0) is 13.9. The molecule has 0 radical (unpaired) electrons. The molecule has 19 heavy (non-hydrogen) atoms. The van der Waals surface area contributed by atoms with Gasteiger partial charge in [-0.1, -0.05) is 0 Å². The van der Waals surface area contributed by atoms with Gasteiger partial charge in [0.15, 0.2) is 0 Å². The van der Waals surface area contributed by atoms with E-state index in [2.05, 4.69) is 32.6 Å². The molecule has 2 rings (SSSR count). The number of rotatable bonds is 5. The molecule has 2 atom stereocenters. The van der Waals surface area contributed by atoms with Crippen molar-refractivity contribution in [3.8, 4) is 6.01 Å². The fourth-order valence-electron chi connectivity index (χ4n) is 1.93. The Balaban J connectivity index is 2.21. The highest BCUT2D eigenvalue weighted by Gasteiger charge is 2.37. The number of hydrazine groups is 1. The van der Waals surface area contributed by atoms with Gasteiger partial charge >= 0.3 is 6.01 Å². The molecule has 0 amide bonds. The molecule has 8 heteroatoms. The van der Waals surface area contributed by atoms with Gasteiger partial charge in [0.05, 0.1) is 18.2 Å². The lowest BCUT2D eigenvalue weighted by Gasteiger charge is -2.28. The van der Waals surface area contributed by atoms with E-state index in [0.717, 1.165) is 13.0 Å². The predicted molar refractivity (Wildman–Crippen MR) is 70.9 cm³/mol. The number of hydrogen-bond acceptors (Lipinski definition) is 8. The number of nitrogens with one attached hydrogen (secondary N) is 2. The summed E-state index contributed by atoms with van der Waals surface area (Å²) >= 11 is 0. The van der Waals surface area contributed by atoms with E-state index < -0.39 is 0 Å². The van der Waals surface area contributed by atoms with Crippen molar-refractivity contribution >= 4 is 11.9 Å². The van der Waals surface area contributed by atoms with Crippen molar-refractivity contribution in [2.45, 2.75) is 38.8 Å². The smallest absolute Gasteiger partial charge is 0.323 e. The minimum atomic E-state index is -0.212. The summed E-state index contributed by atoms with van der Waals surface area (Å²) in [6.45, 7) is 7.15. The summed E-state index contributed by atoms with van der Waals surface area (Å²) in [6.07, 6.45) is 0.962. The maximum absolute atomic E-state index is 5.57. The first kappa shape index (κ1) is 13.8. The summed E-state index contributed by atoms with van der Waals surface area (Å²) in [5.74, 6) is 6.02. The van der Waals surface area contributed by atoms with Crippen LogP contribution in [0.2, 0.25) is 0 Å². The molecule has 0 spiro atoms. The summed E-state index contributed by atoms with van der Waals surface area (Å²) in [4.78, 5) is 12.4. The molecular formula is C11H20N6O2. The third kappa shape index (κ3) is 3.02. The van der Waals surface area contributed by atoms with Crippen LogP contribution in [0, 0.1) is 0 Å². The Kier molecular flexibility index (Phi) is 4.01. The van der Waals surface area contributed by atoms with Crippen LogP contribution in [0.15, 0.2) is 0 Å². The van der Waals surface area contributed by atoms with E-state index in [1.807, 2.05) is 13.8 Å². The molecule has 1 saturated heterocycles. The molecule has 8 nitrogen and oxygen atoms in total. The SMILES string of the molecule is CCOc1nc(NN)nc(NC2(C)CCOC2C)n1. The third-order valence-corrected chi connectivity index (χ3v) is 3.30. The van der Waals surface area contributed by atoms with Gasteiger partial charge in [0.1, 0.15) is 0 Å². The maximum Gasteiger partial charge on any atom is 0.323 e. The van der Waals surface area contributed by atoms with Crippen LogP contribution >= 0.6 is 0 Å². The molecule has 1 aromatic heterocycles. The normalized spacial score (nSPS) is 26.2. The van der Waals surface area contributed by atoms with Crippen molar-refractivity contribution in [1.29, 1.82) is 0 Å². The number of aromatic nitrogens is 3. The Morgan fingerprint density at radius 2 is 2.16 bits per heavy atom. The summed E-state index contributed by atoms with van der Waals surface area (Å²) in [5, 5.41) is 3.28. The quantitative estimate of drug-likeness (QED) is 0.524. The topological polar surface area (TPSA) is 107 Å². The Labute approximate surface area is 112 Å². The van der Waals surface area contributed by atoms with Crippen molar-refractivity contribution in [2.24, 2.45) is 5.84 Å². The minimum absolute atomic E-state index is 0.0779. The predicted octanol–water partition coefficient (Wildman–Crippen LogP) is 0.535. The summed E-state index contributed by atoms with van der Waals surface area (Å²) in [5.41, 5.74) is 2.19. The second-order valence-corrected chi connectivity index (χ2v) is 4.65. The van der Waals surface area contributed by atoms with Gasteiger partial charge in [-0.2, -0.15) is 15.0 Å². The molecule has 4 N–H and O–H groups in total. The van der Waals surface area contributed by atoms with Gasteiger partial charge in [-0.25, -0.2) is 5.84 Å². The zero-order valence-corrected chi connectivity index (χ0v) is 11.4. The van der Waals surface area contributed by atoms with E-state index in [-0.39, 0.29) is 23.6 Å². The molecule has 0 bridgehead atoms. The van der Waals surface area contributed by atoms with Crippen LogP contribution in [-0.4, -0.2) is 39.8 Å². The van der Waals surface area contributed by atoms with E-state index >= 15 is 0 Å². The van der Waals surface area contributed by atoms with Crippen molar-refractivity contribution in [1.82, 2.24) is 15.0 Å². The summed E-state index contributed by atoms with van der Waals surface area (Å²) < 4.78 is 10.9. The molecular weight excluding hydrogens is 248 g/mol. The van der Waals surface area contributed by atoms with Crippen LogP contribution in [0.1, 0.15) is 27.2 Å². The lowest BCUT2D eigenvalue weighted by molar-refractivity contribution is 0.105. The Hall–Kier alpha value is -1.67. The standard InChI is InChI=1S/C11H20N6O2/c1-4-18-10-14-8(13-9(15-10)17-12)16-11(3)5-6-19-7(11)2/h7H,4-6,12H2,1-3H3,(H2,13,14,15,16,17). The molecule has 1 aliphatic heterocycles. The first-order valence-corrected chi connectivity index (χ1v) is 6.32. The average molecular weight is 268 g/mol. The van der Waals surface area contributed by atoms with Crippen molar-refractivity contribution < 1.29 is 9.47 Å². The Morgan fingerprint density at radius 1 is 1.42 bits per heavy atom. The van der Waals surface area contributed by atoms with E-state index in [9.17, 15) is 0 Å². The van der Waals surface area contributed by atoms with E-state index in [4.69, 9.17) is 15.3 Å². The van der Waals surface area contributed by atoms with Gasteiger partial charge in [-0.15, -0.1) is 0 Å². The van der Waals surface area contributed by atoms with Gasteiger partial charge in [0, 0.05) is 6.61 Å². The second kappa shape index (κ2) is 5.54. The second-order valence-electron chi connectivity index (χ2n) is 4.65. The number of nitrogen functional groups attached to an aromatic ring is 1. The Morgan fingerprint density at radius 3 is 2.74 bits per heavy atom. The van der Waals surface area contributed by atoms with Gasteiger partial charge in [0.25, 0.3) is 0 Å². The van der Waals surface area contributed by atoms with E-state index in [1.54, 1.807) is 0 Å². The summed E-state index contributed by atoms with van der Waals surface area (Å²) in [6, 6.07) is 0.239. The van der Waals surface area contributed by atoms with E-state index in [0.29, 0.717) is 12.6 Å². The number of nitrogens with zero attached hydrogens (tertiary/aromatic N) is 3. The van der Waals surface area contributed by atoms with Gasteiger partial charge in [0.2, 0.25) is 11.9 Å². The highest BCUT2D eigenvalue weighted by molar-refractivity contribution is 5.38. The molecule has 0 aromatic carbocycles. The minimum Gasteiger partial charge on any atom is -0.464 e. The maximum atomic E-state index is 5.57. The number of anilines is 2. The fourth-order valence-corrected chi connectivity index (χ4v) is 1.93. The molecule has 106 valence electrons. The van der Waals surface area contributed by atoms with Crippen molar-refractivity contribution in [3.63, 3.8) is 0 Å². The van der Waals surface area contributed by atoms with Crippen LogP contribution in [0.4, 0.5) is 11.9 Å². The third-order valence-electron chi connectivity index (χ3n) is 3.30. The molecule has 1 aliphatic rings. The lowest BCUT2D eigenvalue weighted by Crippen LogP contribution is -2.41. The first-order chi connectivity index (χ1) is 9.07. The average Bonchev–Trinajstić information content (AvgIpc) is 2.69. The molecule has 1 fully saturated rings. The fraction of sp³-hybridized carbons (Fsp3) is 0.727. The number of ether oxygens (including phenoxy) is 2. The molecule has 2 unspecified atom stereocenters. The van der Waals surface area contributed by atoms with E-state index in [1.165, 1.54) is 0 Å². The highest BCUT2D eigenvalue weighted by atomic mass is 16.5. The summed E-state index contributed by atoms with van der Waals surface area (Å²) in [7, 11) is 0. The zero-order valence-electron chi connectivity index (χ0n) is 11.4.